The van der Waals surface area contributed by atoms with E-state index in [-0.39, 0.29) is 12.1 Å². The molecule has 1 aliphatic heterocycles. The molecule has 0 unspecified atom stereocenters. The number of halogens is 1. The van der Waals surface area contributed by atoms with E-state index < -0.39 is 0 Å². The Balaban J connectivity index is 1.65. The molecule has 104 valence electrons. The molecule has 1 heterocycles. The number of hydrogen-bond donors (Lipinski definition) is 2. The molecule has 5 heteroatoms. The molecule has 0 spiro atoms. The van der Waals surface area contributed by atoms with Crippen LogP contribution in [0.5, 0.6) is 0 Å². The van der Waals surface area contributed by atoms with Crippen LogP contribution < -0.4 is 8.85 Å². The summed E-state index contributed by atoms with van der Waals surface area (Å²) in [5.74, 6) is 0.555. The van der Waals surface area contributed by atoms with Gasteiger partial charge in [-0.1, -0.05) is 0 Å². The molecule has 2 rings (SSSR count). The lowest BCUT2D eigenvalue weighted by Gasteiger charge is -2.28. The maximum atomic E-state index is 11.9. The Labute approximate surface area is 123 Å². The third-order valence-electron chi connectivity index (χ3n) is 4.04. The van der Waals surface area contributed by atoms with Gasteiger partial charge in [-0.25, -0.2) is 0 Å². The molecule has 0 aromatic rings. The van der Waals surface area contributed by atoms with E-state index in [0.717, 1.165) is 51.6 Å². The van der Waals surface area contributed by atoms with Crippen LogP contribution in [0.25, 0.3) is 0 Å². The van der Waals surface area contributed by atoms with Crippen molar-refractivity contribution in [1.82, 2.24) is 8.85 Å². The summed E-state index contributed by atoms with van der Waals surface area (Å²) in [5, 5.41) is 3.32. The third-order valence-corrected chi connectivity index (χ3v) is 4.92. The van der Waals surface area contributed by atoms with E-state index in [9.17, 15) is 4.79 Å². The average molecular weight is 366 g/mol. The van der Waals surface area contributed by atoms with Crippen LogP contribution >= 0.6 is 22.9 Å². The summed E-state index contributed by atoms with van der Waals surface area (Å²) < 4.78 is 8.86. The first-order valence-electron chi connectivity index (χ1n) is 7.04. The lowest BCUT2D eigenvalue weighted by Crippen LogP contribution is -2.33. The monoisotopic (exact) mass is 366 g/mol. The fraction of sp³-hybridized carbons (Fsp3) is 0.923. The van der Waals surface area contributed by atoms with Crippen LogP contribution in [0, 0.1) is 5.92 Å². The lowest BCUT2D eigenvalue weighted by atomic mass is 9.93. The van der Waals surface area contributed by atoms with E-state index in [1.165, 1.54) is 0 Å². The van der Waals surface area contributed by atoms with Crippen molar-refractivity contribution < 1.29 is 9.53 Å². The zero-order valence-electron chi connectivity index (χ0n) is 10.8. The minimum absolute atomic E-state index is 0.0211. The second-order valence-electron chi connectivity index (χ2n) is 5.47. The fourth-order valence-corrected chi connectivity index (χ4v) is 3.47. The Morgan fingerprint density at radius 3 is 2.44 bits per heavy atom. The number of nitrogens with one attached hydrogen (secondary N) is 2. The largest absolute Gasteiger partial charge is 0.462 e. The summed E-state index contributed by atoms with van der Waals surface area (Å²) in [5.41, 5.74) is 0. The van der Waals surface area contributed by atoms with E-state index >= 15 is 0 Å². The van der Waals surface area contributed by atoms with Crippen molar-refractivity contribution in [3.63, 3.8) is 0 Å². The van der Waals surface area contributed by atoms with Gasteiger partial charge in [0.2, 0.25) is 0 Å². The fourth-order valence-electron chi connectivity index (χ4n) is 2.85. The second-order valence-corrected chi connectivity index (χ2v) is 6.09. The number of carbonyl (C=O) groups is 1. The molecule has 0 aromatic carbocycles. The number of esters is 1. The normalized spacial score (nSPS) is 30.1. The van der Waals surface area contributed by atoms with Gasteiger partial charge in [-0.05, 0) is 57.5 Å². The van der Waals surface area contributed by atoms with Gasteiger partial charge in [-0.15, -0.1) is 0 Å². The molecule has 2 fully saturated rings. The Morgan fingerprint density at radius 1 is 1.17 bits per heavy atom. The zero-order chi connectivity index (χ0) is 12.8. The maximum Gasteiger partial charge on any atom is 0.306 e. The molecule has 1 saturated heterocycles. The minimum atomic E-state index is 0.0211. The van der Waals surface area contributed by atoms with E-state index in [1.54, 1.807) is 0 Å². The first kappa shape index (κ1) is 14.5. The van der Waals surface area contributed by atoms with Crippen molar-refractivity contribution in [2.45, 2.75) is 57.1 Å². The van der Waals surface area contributed by atoms with Gasteiger partial charge in [0, 0.05) is 35.3 Å². The Bertz CT molecular complexity index is 262. The van der Waals surface area contributed by atoms with Gasteiger partial charge in [-0.3, -0.25) is 8.32 Å². The number of piperidine rings is 1. The van der Waals surface area contributed by atoms with Crippen LogP contribution in [0.1, 0.15) is 44.9 Å². The summed E-state index contributed by atoms with van der Waals surface area (Å²) in [6.07, 6.45) is 7.27. The Morgan fingerprint density at radius 2 is 1.83 bits per heavy atom. The van der Waals surface area contributed by atoms with Crippen molar-refractivity contribution in [3.05, 3.63) is 0 Å². The number of ether oxygens (including phenoxy) is 1. The SMILES string of the molecule is O=C(CC1CCNCC1)O[C@H]1CC[C@H](NI)CC1. The van der Waals surface area contributed by atoms with Crippen LogP contribution in [0.4, 0.5) is 0 Å². The summed E-state index contributed by atoms with van der Waals surface area (Å²) in [7, 11) is 0. The Kier molecular flexibility index (Phi) is 6.17. The quantitative estimate of drug-likeness (QED) is 0.455. The highest BCUT2D eigenvalue weighted by Crippen LogP contribution is 2.23. The molecule has 0 aromatic heterocycles. The molecule has 4 nitrogen and oxygen atoms in total. The van der Waals surface area contributed by atoms with Gasteiger partial charge >= 0.3 is 5.97 Å². The summed E-state index contributed by atoms with van der Waals surface area (Å²) in [4.78, 5) is 11.9. The number of rotatable bonds is 4. The summed E-state index contributed by atoms with van der Waals surface area (Å²) in [6.45, 7) is 2.09. The van der Waals surface area contributed by atoms with Crippen LogP contribution in [0.3, 0.4) is 0 Å². The topological polar surface area (TPSA) is 50.4 Å². The Hall–Kier alpha value is 0.120. The van der Waals surface area contributed by atoms with Crippen molar-refractivity contribution >= 4 is 28.8 Å². The van der Waals surface area contributed by atoms with Crippen molar-refractivity contribution in [3.8, 4) is 0 Å². The molecule has 1 saturated carbocycles. The van der Waals surface area contributed by atoms with Gasteiger partial charge in [0.15, 0.2) is 0 Å². The predicted molar refractivity (Wildman–Crippen MR) is 79.5 cm³/mol. The minimum Gasteiger partial charge on any atom is -0.462 e. The second kappa shape index (κ2) is 7.65. The van der Waals surface area contributed by atoms with E-state index in [4.69, 9.17) is 4.74 Å². The van der Waals surface area contributed by atoms with Gasteiger partial charge in [0.25, 0.3) is 0 Å². The van der Waals surface area contributed by atoms with Crippen molar-refractivity contribution in [2.75, 3.05) is 13.1 Å². The van der Waals surface area contributed by atoms with E-state index in [2.05, 4.69) is 31.7 Å². The molecule has 0 bridgehead atoms. The molecule has 18 heavy (non-hydrogen) atoms. The smallest absolute Gasteiger partial charge is 0.306 e. The number of hydrogen-bond acceptors (Lipinski definition) is 4. The highest BCUT2D eigenvalue weighted by atomic mass is 127. The first-order valence-corrected chi connectivity index (χ1v) is 8.12. The van der Waals surface area contributed by atoms with Crippen molar-refractivity contribution in [2.24, 2.45) is 5.92 Å². The third kappa shape index (κ3) is 4.66. The zero-order valence-corrected chi connectivity index (χ0v) is 12.9. The number of carbonyl (C=O) groups excluding carboxylic acids is 1. The van der Waals surface area contributed by atoms with Crippen LogP contribution in [-0.2, 0) is 9.53 Å². The van der Waals surface area contributed by atoms with Crippen LogP contribution in [-0.4, -0.2) is 31.2 Å². The standard InChI is InChI=1S/C13H23IN2O2/c14-16-11-1-3-12(4-2-11)18-13(17)9-10-5-7-15-8-6-10/h10-12,15-16H,1-9H2/t11-,12-. The first-order chi connectivity index (χ1) is 8.78. The summed E-state index contributed by atoms with van der Waals surface area (Å²) in [6, 6.07) is 0.602. The maximum absolute atomic E-state index is 11.9. The molecule has 0 radical (unpaired) electrons. The van der Waals surface area contributed by atoms with Gasteiger partial charge in [0.1, 0.15) is 6.10 Å². The molecular formula is C13H23IN2O2. The average Bonchev–Trinajstić information content (AvgIpc) is 2.40. The molecular weight excluding hydrogens is 343 g/mol. The highest BCUT2D eigenvalue weighted by Gasteiger charge is 2.24. The van der Waals surface area contributed by atoms with Gasteiger partial charge in [0.05, 0.1) is 0 Å². The lowest BCUT2D eigenvalue weighted by molar-refractivity contribution is -0.152. The summed E-state index contributed by atoms with van der Waals surface area (Å²) >= 11 is 2.21. The molecule has 0 atom stereocenters. The van der Waals surface area contributed by atoms with E-state index in [0.29, 0.717) is 18.4 Å². The predicted octanol–water partition coefficient (Wildman–Crippen LogP) is 2.17. The van der Waals surface area contributed by atoms with Crippen LogP contribution in [0.15, 0.2) is 0 Å². The highest BCUT2D eigenvalue weighted by molar-refractivity contribution is 14.1. The molecule has 1 aliphatic carbocycles. The molecule has 2 aliphatic rings. The van der Waals surface area contributed by atoms with Gasteiger partial charge in [-0.2, -0.15) is 0 Å². The molecule has 2 N–H and O–H groups in total. The molecule has 0 amide bonds. The van der Waals surface area contributed by atoms with Gasteiger partial charge < -0.3 is 10.1 Å². The van der Waals surface area contributed by atoms with E-state index in [1.807, 2.05) is 0 Å². The van der Waals surface area contributed by atoms with Crippen LogP contribution in [0.2, 0.25) is 0 Å². The van der Waals surface area contributed by atoms with Crippen molar-refractivity contribution in [1.29, 1.82) is 0 Å².